The molecule has 98 valence electrons. The molecule has 0 bridgehead atoms. The van der Waals surface area contributed by atoms with Gasteiger partial charge in [0.2, 0.25) is 0 Å². The van der Waals surface area contributed by atoms with Gasteiger partial charge in [0.15, 0.2) is 0 Å². The normalized spacial score (nSPS) is 11.7. The molecule has 5 nitrogen and oxygen atoms in total. The standard InChI is InChI=1S/C13H17NO4/c1-10(15)17-8-7-12(14)13(16)18-9-11-5-3-2-4-6-11/h2-6,12H,7-9,14H2,1H3/t12-/m0/s1. The second-order valence-electron chi connectivity index (χ2n) is 3.83. The molecule has 1 rings (SSSR count). The van der Waals surface area contributed by atoms with Crippen molar-refractivity contribution in [3.8, 4) is 0 Å². The van der Waals surface area contributed by atoms with Crippen LogP contribution in [0.2, 0.25) is 0 Å². The summed E-state index contributed by atoms with van der Waals surface area (Å²) in [5.41, 5.74) is 6.50. The summed E-state index contributed by atoms with van der Waals surface area (Å²) < 4.78 is 9.74. The average Bonchev–Trinajstić information content (AvgIpc) is 2.36. The van der Waals surface area contributed by atoms with Crippen molar-refractivity contribution in [3.63, 3.8) is 0 Å². The van der Waals surface area contributed by atoms with E-state index in [2.05, 4.69) is 0 Å². The molecule has 0 saturated heterocycles. The molecule has 1 atom stereocenters. The average molecular weight is 251 g/mol. The van der Waals surface area contributed by atoms with E-state index >= 15 is 0 Å². The van der Waals surface area contributed by atoms with Crippen LogP contribution in [0, 0.1) is 0 Å². The van der Waals surface area contributed by atoms with Gasteiger partial charge in [-0.05, 0) is 5.56 Å². The Labute approximate surface area is 106 Å². The van der Waals surface area contributed by atoms with Crippen LogP contribution in [0.4, 0.5) is 0 Å². The van der Waals surface area contributed by atoms with Crippen LogP contribution in [0.15, 0.2) is 30.3 Å². The summed E-state index contributed by atoms with van der Waals surface area (Å²) in [6, 6.07) is 8.56. The molecule has 18 heavy (non-hydrogen) atoms. The Hall–Kier alpha value is -1.88. The van der Waals surface area contributed by atoms with Crippen molar-refractivity contribution in [2.75, 3.05) is 6.61 Å². The van der Waals surface area contributed by atoms with E-state index in [1.165, 1.54) is 6.92 Å². The second kappa shape index (κ2) is 7.45. The van der Waals surface area contributed by atoms with E-state index < -0.39 is 12.0 Å². The fourth-order valence-corrected chi connectivity index (χ4v) is 1.28. The van der Waals surface area contributed by atoms with Gasteiger partial charge in [0.1, 0.15) is 12.6 Å². The van der Waals surface area contributed by atoms with Crippen LogP contribution in [-0.4, -0.2) is 24.6 Å². The van der Waals surface area contributed by atoms with E-state index in [0.29, 0.717) is 0 Å². The lowest BCUT2D eigenvalue weighted by Crippen LogP contribution is -2.33. The highest BCUT2D eigenvalue weighted by molar-refractivity contribution is 5.75. The molecular formula is C13H17NO4. The molecule has 0 amide bonds. The number of esters is 2. The number of carbonyl (C=O) groups is 2. The van der Waals surface area contributed by atoms with E-state index in [1.807, 2.05) is 30.3 Å². The Bertz CT molecular complexity index is 391. The highest BCUT2D eigenvalue weighted by atomic mass is 16.5. The molecule has 0 heterocycles. The quantitative estimate of drug-likeness (QED) is 0.763. The van der Waals surface area contributed by atoms with Crippen molar-refractivity contribution in [1.29, 1.82) is 0 Å². The Balaban J connectivity index is 2.25. The van der Waals surface area contributed by atoms with E-state index in [1.54, 1.807) is 0 Å². The zero-order valence-electron chi connectivity index (χ0n) is 10.3. The number of ether oxygens (including phenoxy) is 2. The molecule has 0 aliphatic heterocycles. The predicted molar refractivity (Wildman–Crippen MR) is 65.5 cm³/mol. The van der Waals surface area contributed by atoms with Crippen molar-refractivity contribution in [2.24, 2.45) is 5.73 Å². The van der Waals surface area contributed by atoms with Gasteiger partial charge in [-0.15, -0.1) is 0 Å². The third kappa shape index (κ3) is 5.45. The first kappa shape index (κ1) is 14.2. The van der Waals surface area contributed by atoms with Crippen molar-refractivity contribution in [1.82, 2.24) is 0 Å². The van der Waals surface area contributed by atoms with Gasteiger partial charge >= 0.3 is 11.9 Å². The fraction of sp³-hybridized carbons (Fsp3) is 0.385. The fourth-order valence-electron chi connectivity index (χ4n) is 1.28. The first-order valence-electron chi connectivity index (χ1n) is 5.69. The molecule has 0 aromatic heterocycles. The van der Waals surface area contributed by atoms with Gasteiger partial charge < -0.3 is 15.2 Å². The Morgan fingerprint density at radius 2 is 1.89 bits per heavy atom. The maximum absolute atomic E-state index is 11.5. The van der Waals surface area contributed by atoms with Gasteiger partial charge in [-0.3, -0.25) is 9.59 Å². The molecule has 0 aliphatic rings. The third-order valence-electron chi connectivity index (χ3n) is 2.26. The zero-order chi connectivity index (χ0) is 13.4. The minimum Gasteiger partial charge on any atom is -0.466 e. The first-order chi connectivity index (χ1) is 8.59. The van der Waals surface area contributed by atoms with Crippen molar-refractivity contribution in [3.05, 3.63) is 35.9 Å². The van der Waals surface area contributed by atoms with Gasteiger partial charge in [0.25, 0.3) is 0 Å². The van der Waals surface area contributed by atoms with Crippen molar-refractivity contribution in [2.45, 2.75) is 26.0 Å². The SMILES string of the molecule is CC(=O)OCC[C@H](N)C(=O)OCc1ccccc1. The number of hydrogen-bond donors (Lipinski definition) is 1. The summed E-state index contributed by atoms with van der Waals surface area (Å²) in [6.07, 6.45) is 0.257. The molecule has 0 aliphatic carbocycles. The van der Waals surface area contributed by atoms with E-state index in [0.717, 1.165) is 5.56 Å². The van der Waals surface area contributed by atoms with E-state index in [9.17, 15) is 9.59 Å². The minimum absolute atomic E-state index is 0.122. The molecule has 1 aromatic rings. The smallest absolute Gasteiger partial charge is 0.323 e. The van der Waals surface area contributed by atoms with E-state index in [-0.39, 0.29) is 25.6 Å². The number of benzene rings is 1. The van der Waals surface area contributed by atoms with E-state index in [4.69, 9.17) is 15.2 Å². The molecule has 1 aromatic carbocycles. The van der Waals surface area contributed by atoms with Crippen LogP contribution >= 0.6 is 0 Å². The second-order valence-corrected chi connectivity index (χ2v) is 3.83. The molecule has 2 N–H and O–H groups in total. The highest BCUT2D eigenvalue weighted by Crippen LogP contribution is 2.02. The van der Waals surface area contributed by atoms with Gasteiger partial charge in [0, 0.05) is 13.3 Å². The Kier molecular flexibility index (Phi) is 5.87. The lowest BCUT2D eigenvalue weighted by molar-refractivity contribution is -0.149. The van der Waals surface area contributed by atoms with Gasteiger partial charge in [0.05, 0.1) is 6.61 Å². The number of nitrogens with two attached hydrogens (primary N) is 1. The molecule has 0 saturated carbocycles. The molecule has 0 spiro atoms. The maximum Gasteiger partial charge on any atom is 0.323 e. The monoisotopic (exact) mass is 251 g/mol. The van der Waals surface area contributed by atoms with Crippen molar-refractivity contribution < 1.29 is 19.1 Å². The van der Waals surface area contributed by atoms with Crippen LogP contribution in [0.5, 0.6) is 0 Å². The van der Waals surface area contributed by atoms with Crippen LogP contribution in [0.25, 0.3) is 0 Å². The Morgan fingerprint density at radius 3 is 2.50 bits per heavy atom. The number of hydrogen-bond acceptors (Lipinski definition) is 5. The molecule has 0 fully saturated rings. The maximum atomic E-state index is 11.5. The third-order valence-corrected chi connectivity index (χ3v) is 2.26. The first-order valence-corrected chi connectivity index (χ1v) is 5.69. The van der Waals surface area contributed by atoms with Crippen LogP contribution in [0.1, 0.15) is 18.9 Å². The summed E-state index contributed by atoms with van der Waals surface area (Å²) in [5.74, 6) is -0.883. The number of carbonyl (C=O) groups excluding carboxylic acids is 2. The lowest BCUT2D eigenvalue weighted by atomic mass is 10.2. The van der Waals surface area contributed by atoms with Crippen LogP contribution in [0.3, 0.4) is 0 Å². The van der Waals surface area contributed by atoms with Gasteiger partial charge in [-0.2, -0.15) is 0 Å². The molecule has 0 radical (unpaired) electrons. The minimum atomic E-state index is -0.770. The Morgan fingerprint density at radius 1 is 1.22 bits per heavy atom. The largest absolute Gasteiger partial charge is 0.466 e. The van der Waals surface area contributed by atoms with Gasteiger partial charge in [-0.25, -0.2) is 0 Å². The molecule has 5 heteroatoms. The number of rotatable bonds is 6. The summed E-state index contributed by atoms with van der Waals surface area (Å²) in [6.45, 7) is 1.62. The lowest BCUT2D eigenvalue weighted by Gasteiger charge is -2.11. The van der Waals surface area contributed by atoms with Crippen LogP contribution in [-0.2, 0) is 25.7 Å². The molecular weight excluding hydrogens is 234 g/mol. The summed E-state index contributed by atoms with van der Waals surface area (Å²) in [4.78, 5) is 22.0. The highest BCUT2D eigenvalue weighted by Gasteiger charge is 2.15. The predicted octanol–water partition coefficient (Wildman–Crippen LogP) is 1.01. The topological polar surface area (TPSA) is 78.6 Å². The summed E-state index contributed by atoms with van der Waals surface area (Å²) in [5, 5.41) is 0. The van der Waals surface area contributed by atoms with Crippen molar-refractivity contribution >= 4 is 11.9 Å². The van der Waals surface area contributed by atoms with Crippen LogP contribution < -0.4 is 5.73 Å². The summed E-state index contributed by atoms with van der Waals surface area (Å²) in [7, 11) is 0. The molecule has 0 unspecified atom stereocenters. The van der Waals surface area contributed by atoms with Gasteiger partial charge in [-0.1, -0.05) is 30.3 Å². The summed E-state index contributed by atoms with van der Waals surface area (Å²) >= 11 is 0. The zero-order valence-corrected chi connectivity index (χ0v) is 10.3.